The number of pyridine rings is 1. The van der Waals surface area contributed by atoms with Crippen LogP contribution in [-0.4, -0.2) is 24.0 Å². The molecule has 3 heterocycles. The quantitative estimate of drug-likeness (QED) is 0.400. The zero-order valence-electron chi connectivity index (χ0n) is 15.3. The van der Waals surface area contributed by atoms with Crippen molar-refractivity contribution in [1.82, 2.24) is 4.98 Å². The summed E-state index contributed by atoms with van der Waals surface area (Å²) in [5.74, 6) is 5.99. The van der Waals surface area contributed by atoms with Gasteiger partial charge in [0, 0.05) is 30.0 Å². The van der Waals surface area contributed by atoms with Crippen LogP contribution in [0.25, 0.3) is 11.1 Å². The molecule has 5 nitrogen and oxygen atoms in total. The summed E-state index contributed by atoms with van der Waals surface area (Å²) >= 11 is 7.76. The first-order valence-electron chi connectivity index (χ1n) is 8.54. The highest BCUT2D eigenvalue weighted by atomic mass is 35.5. The summed E-state index contributed by atoms with van der Waals surface area (Å²) in [4.78, 5) is 5.40. The van der Waals surface area contributed by atoms with E-state index in [1.165, 1.54) is 0 Å². The Morgan fingerprint density at radius 3 is 2.90 bits per heavy atom. The van der Waals surface area contributed by atoms with Crippen molar-refractivity contribution in [3.63, 3.8) is 0 Å². The lowest BCUT2D eigenvalue weighted by Crippen LogP contribution is -2.32. The van der Waals surface area contributed by atoms with Gasteiger partial charge in [-0.25, -0.2) is 4.98 Å². The molecule has 0 spiro atoms. The highest BCUT2D eigenvalue weighted by Crippen LogP contribution is 2.33. The summed E-state index contributed by atoms with van der Waals surface area (Å²) in [6.45, 7) is 1.49. The van der Waals surface area contributed by atoms with Crippen LogP contribution in [0.4, 0.5) is 18.9 Å². The topological polar surface area (TPSA) is 73.3 Å². The number of thiophene rings is 1. The third-order valence-electron chi connectivity index (χ3n) is 3.87. The van der Waals surface area contributed by atoms with Gasteiger partial charge in [-0.15, -0.1) is 30.4 Å². The summed E-state index contributed by atoms with van der Waals surface area (Å²) in [6, 6.07) is 4.62. The number of hydrogen-bond donors (Lipinski definition) is 2. The Kier molecular flexibility index (Phi) is 6.70. The molecule has 0 radical (unpaired) electrons. The summed E-state index contributed by atoms with van der Waals surface area (Å²) in [6.07, 6.45) is -4.75. The van der Waals surface area contributed by atoms with Crippen LogP contribution in [0.15, 0.2) is 28.0 Å². The van der Waals surface area contributed by atoms with E-state index in [9.17, 15) is 13.2 Å². The van der Waals surface area contributed by atoms with E-state index >= 15 is 0 Å². The summed E-state index contributed by atoms with van der Waals surface area (Å²) in [7, 11) is 0. The van der Waals surface area contributed by atoms with Gasteiger partial charge in [-0.1, -0.05) is 23.6 Å². The van der Waals surface area contributed by atoms with Gasteiger partial charge in [0.1, 0.15) is 16.4 Å². The summed E-state index contributed by atoms with van der Waals surface area (Å²) in [5, 5.41) is 5.46. The van der Waals surface area contributed by atoms with Gasteiger partial charge in [0.05, 0.1) is 17.9 Å². The molecule has 10 heteroatoms. The predicted octanol–water partition coefficient (Wildman–Crippen LogP) is 4.93. The van der Waals surface area contributed by atoms with Crippen molar-refractivity contribution in [2.45, 2.75) is 32.3 Å². The van der Waals surface area contributed by atoms with E-state index in [0.29, 0.717) is 34.7 Å². The van der Waals surface area contributed by atoms with Crippen LogP contribution in [0, 0.1) is 11.8 Å². The Balaban J connectivity index is 1.91. The Morgan fingerprint density at radius 1 is 1.45 bits per heavy atom. The van der Waals surface area contributed by atoms with Crippen molar-refractivity contribution in [3.05, 3.63) is 44.9 Å². The SMILES string of the molecule is CC#Cc1c(C[C@@H](N)COC(F)(F)F)oc2c(NCc3cccs3)cc(Cl)nc12. The van der Waals surface area contributed by atoms with E-state index in [1.807, 2.05) is 17.5 Å². The molecule has 0 aliphatic heterocycles. The van der Waals surface area contributed by atoms with Crippen LogP contribution < -0.4 is 11.1 Å². The van der Waals surface area contributed by atoms with E-state index < -0.39 is 19.0 Å². The molecule has 3 N–H and O–H groups in total. The fourth-order valence-electron chi connectivity index (χ4n) is 2.70. The number of alkyl halides is 3. The van der Waals surface area contributed by atoms with Gasteiger partial charge in [-0.3, -0.25) is 4.74 Å². The van der Waals surface area contributed by atoms with Gasteiger partial charge in [-0.2, -0.15) is 0 Å². The smallest absolute Gasteiger partial charge is 0.456 e. The van der Waals surface area contributed by atoms with Gasteiger partial charge in [-0.05, 0) is 18.4 Å². The molecule has 154 valence electrons. The van der Waals surface area contributed by atoms with Crippen molar-refractivity contribution in [3.8, 4) is 11.8 Å². The maximum Gasteiger partial charge on any atom is 0.522 e. The molecule has 3 rings (SSSR count). The third-order valence-corrected chi connectivity index (χ3v) is 4.94. The molecular formula is C19H17ClF3N3O2S. The highest BCUT2D eigenvalue weighted by molar-refractivity contribution is 7.09. The Labute approximate surface area is 174 Å². The number of rotatable bonds is 7. The molecule has 0 saturated heterocycles. The van der Waals surface area contributed by atoms with Gasteiger partial charge >= 0.3 is 6.36 Å². The van der Waals surface area contributed by atoms with Crippen LogP contribution in [0.3, 0.4) is 0 Å². The number of nitrogens with two attached hydrogens (primary N) is 1. The Hall–Kier alpha value is -2.25. The van der Waals surface area contributed by atoms with E-state index in [4.69, 9.17) is 21.8 Å². The molecule has 0 aromatic carbocycles. The number of aromatic nitrogens is 1. The van der Waals surface area contributed by atoms with Crippen LogP contribution in [0.5, 0.6) is 0 Å². The molecule has 0 amide bonds. The number of halogens is 4. The van der Waals surface area contributed by atoms with Gasteiger partial charge in [0.25, 0.3) is 0 Å². The maximum absolute atomic E-state index is 12.3. The van der Waals surface area contributed by atoms with Crippen LogP contribution >= 0.6 is 22.9 Å². The molecule has 0 unspecified atom stereocenters. The van der Waals surface area contributed by atoms with Crippen LogP contribution in [0.1, 0.15) is 23.1 Å². The molecule has 0 fully saturated rings. The van der Waals surface area contributed by atoms with Gasteiger partial charge in [0.15, 0.2) is 5.58 Å². The van der Waals surface area contributed by atoms with E-state index in [2.05, 4.69) is 26.9 Å². The largest absolute Gasteiger partial charge is 0.522 e. The van der Waals surface area contributed by atoms with E-state index in [0.717, 1.165) is 4.88 Å². The average molecular weight is 444 g/mol. The summed E-state index contributed by atoms with van der Waals surface area (Å²) < 4.78 is 46.5. The number of ether oxygens (including phenoxy) is 1. The van der Waals surface area contributed by atoms with Crippen molar-refractivity contribution in [2.75, 3.05) is 11.9 Å². The number of anilines is 1. The van der Waals surface area contributed by atoms with E-state index in [1.54, 1.807) is 24.3 Å². The second-order valence-electron chi connectivity index (χ2n) is 6.10. The number of nitrogens with zero attached hydrogens (tertiary/aromatic N) is 1. The van der Waals surface area contributed by atoms with Crippen molar-refractivity contribution < 1.29 is 22.3 Å². The average Bonchev–Trinajstić information content (AvgIpc) is 3.27. The maximum atomic E-state index is 12.3. The minimum absolute atomic E-state index is 0.00155. The molecule has 0 aliphatic rings. The van der Waals surface area contributed by atoms with Crippen LogP contribution in [0.2, 0.25) is 5.15 Å². The zero-order valence-corrected chi connectivity index (χ0v) is 16.8. The molecule has 3 aromatic heterocycles. The van der Waals surface area contributed by atoms with Crippen molar-refractivity contribution >= 4 is 39.7 Å². The molecule has 3 aromatic rings. The number of nitrogens with one attached hydrogen (secondary N) is 1. The fourth-order valence-corrected chi connectivity index (χ4v) is 3.54. The summed E-state index contributed by atoms with van der Waals surface area (Å²) in [5.41, 5.74) is 7.71. The number of fused-ring (bicyclic) bond motifs is 1. The molecule has 29 heavy (non-hydrogen) atoms. The Morgan fingerprint density at radius 2 is 2.24 bits per heavy atom. The van der Waals surface area contributed by atoms with Crippen molar-refractivity contribution in [2.24, 2.45) is 5.73 Å². The molecule has 0 aliphatic carbocycles. The third kappa shape index (κ3) is 5.64. The second-order valence-corrected chi connectivity index (χ2v) is 7.52. The van der Waals surface area contributed by atoms with Crippen LogP contribution in [-0.2, 0) is 17.7 Å². The number of furan rings is 1. The first-order valence-corrected chi connectivity index (χ1v) is 9.79. The first-order chi connectivity index (χ1) is 13.8. The highest BCUT2D eigenvalue weighted by Gasteiger charge is 2.30. The Bertz CT molecular complexity index is 1040. The standard InChI is InChI=1S/C19H17ClF3N3O2S/c1-2-4-13-15(7-11(24)10-27-19(21,22)23)28-18-14(8-16(20)26-17(13)18)25-9-12-5-3-6-29-12/h3,5-6,8,11H,7,9-10,24H2,1H3,(H,25,26)/t11-/m1/s1. The molecule has 1 atom stereocenters. The lowest BCUT2D eigenvalue weighted by Gasteiger charge is -2.12. The normalized spacial score (nSPS) is 12.6. The molecule has 0 bridgehead atoms. The zero-order chi connectivity index (χ0) is 21.0. The lowest BCUT2D eigenvalue weighted by atomic mass is 10.1. The van der Waals surface area contributed by atoms with Crippen molar-refractivity contribution in [1.29, 1.82) is 0 Å². The monoisotopic (exact) mass is 443 g/mol. The predicted molar refractivity (Wildman–Crippen MR) is 107 cm³/mol. The second kappa shape index (κ2) is 9.05. The molecular weight excluding hydrogens is 427 g/mol. The lowest BCUT2D eigenvalue weighted by molar-refractivity contribution is -0.325. The van der Waals surface area contributed by atoms with E-state index in [-0.39, 0.29) is 11.6 Å². The molecule has 0 saturated carbocycles. The fraction of sp³-hybridized carbons (Fsp3) is 0.316. The van der Waals surface area contributed by atoms with Gasteiger partial charge < -0.3 is 15.5 Å². The minimum atomic E-state index is -4.74. The first kappa shape index (κ1) is 21.5. The van der Waals surface area contributed by atoms with Gasteiger partial charge in [0.2, 0.25) is 0 Å². The number of hydrogen-bond acceptors (Lipinski definition) is 6. The minimum Gasteiger partial charge on any atom is -0.456 e.